The summed E-state index contributed by atoms with van der Waals surface area (Å²) in [6.07, 6.45) is 1.40. The second-order valence-corrected chi connectivity index (χ2v) is 6.66. The van der Waals surface area contributed by atoms with Crippen molar-refractivity contribution < 1.29 is 23.8 Å². The average Bonchev–Trinajstić information content (AvgIpc) is 3.25. The quantitative estimate of drug-likeness (QED) is 0.251. The first-order valence-electron chi connectivity index (χ1n) is 9.00. The highest BCUT2D eigenvalue weighted by Crippen LogP contribution is 2.38. The molecule has 0 fully saturated rings. The molecule has 0 radical (unpaired) electrons. The van der Waals surface area contributed by atoms with Gasteiger partial charge in [0.25, 0.3) is 5.91 Å². The number of hydrazone groups is 1. The number of carbonyl (C=O) groups excluding carboxylic acids is 2. The van der Waals surface area contributed by atoms with E-state index in [0.29, 0.717) is 16.3 Å². The van der Waals surface area contributed by atoms with E-state index in [1.807, 2.05) is 0 Å². The van der Waals surface area contributed by atoms with Crippen LogP contribution in [0.25, 0.3) is 11.3 Å². The van der Waals surface area contributed by atoms with Crippen LogP contribution in [0.5, 0.6) is 17.2 Å². The number of aromatic nitrogens is 2. The van der Waals surface area contributed by atoms with Crippen LogP contribution in [-0.4, -0.2) is 42.5 Å². The van der Waals surface area contributed by atoms with Gasteiger partial charge in [-0.1, -0.05) is 23.7 Å². The molecule has 1 heterocycles. The number of rotatable bonds is 7. The molecule has 160 valence electrons. The van der Waals surface area contributed by atoms with Gasteiger partial charge in [-0.15, -0.1) is 0 Å². The summed E-state index contributed by atoms with van der Waals surface area (Å²) in [6.45, 7) is 1.28. The molecular weight excluding hydrogens is 424 g/mol. The Kier molecular flexibility index (Phi) is 6.88. The minimum atomic E-state index is -0.511. The zero-order valence-electron chi connectivity index (χ0n) is 16.9. The third-order valence-electron chi connectivity index (χ3n) is 4.07. The van der Waals surface area contributed by atoms with E-state index < -0.39 is 11.9 Å². The zero-order chi connectivity index (χ0) is 22.4. The number of hydrogen-bond acceptors (Lipinski definition) is 7. The van der Waals surface area contributed by atoms with Crippen molar-refractivity contribution >= 4 is 29.7 Å². The van der Waals surface area contributed by atoms with Gasteiger partial charge in [0.05, 0.1) is 26.1 Å². The van der Waals surface area contributed by atoms with Gasteiger partial charge in [-0.2, -0.15) is 10.2 Å². The van der Waals surface area contributed by atoms with Crippen LogP contribution >= 0.6 is 11.6 Å². The second kappa shape index (κ2) is 9.77. The number of carbonyl (C=O) groups is 2. The summed E-state index contributed by atoms with van der Waals surface area (Å²) in [6, 6.07) is 11.9. The van der Waals surface area contributed by atoms with Crippen LogP contribution in [0.4, 0.5) is 0 Å². The van der Waals surface area contributed by atoms with Gasteiger partial charge in [0.2, 0.25) is 5.75 Å². The van der Waals surface area contributed by atoms with Crippen LogP contribution in [-0.2, 0) is 4.79 Å². The lowest BCUT2D eigenvalue weighted by molar-refractivity contribution is -0.132. The highest BCUT2D eigenvalue weighted by atomic mass is 35.5. The molecule has 0 aliphatic heterocycles. The van der Waals surface area contributed by atoms with Gasteiger partial charge in [-0.25, -0.2) is 5.43 Å². The molecule has 31 heavy (non-hydrogen) atoms. The number of ether oxygens (including phenoxy) is 3. The molecule has 0 atom stereocenters. The van der Waals surface area contributed by atoms with E-state index in [1.54, 1.807) is 42.5 Å². The second-order valence-electron chi connectivity index (χ2n) is 6.22. The first-order chi connectivity index (χ1) is 14.9. The predicted octanol–water partition coefficient (Wildman–Crippen LogP) is 3.44. The molecule has 10 heteroatoms. The van der Waals surface area contributed by atoms with Gasteiger partial charge in [0.15, 0.2) is 11.5 Å². The number of hydrogen-bond donors (Lipinski definition) is 2. The fraction of sp³-hybridized carbons (Fsp3) is 0.143. The topological polar surface area (TPSA) is 115 Å². The lowest BCUT2D eigenvalue weighted by Crippen LogP contribution is -2.18. The molecule has 1 amide bonds. The maximum atomic E-state index is 12.3. The Morgan fingerprint density at radius 3 is 2.32 bits per heavy atom. The maximum Gasteiger partial charge on any atom is 0.308 e. The van der Waals surface area contributed by atoms with Crippen LogP contribution < -0.4 is 19.6 Å². The molecule has 1 aromatic heterocycles. The number of H-pyrrole nitrogens is 1. The smallest absolute Gasteiger partial charge is 0.308 e. The molecule has 0 saturated heterocycles. The zero-order valence-corrected chi connectivity index (χ0v) is 17.7. The summed E-state index contributed by atoms with van der Waals surface area (Å²) < 4.78 is 15.6. The van der Waals surface area contributed by atoms with E-state index in [4.69, 9.17) is 25.8 Å². The standard InChI is InChI=1S/C21H19ClN4O5/c1-12(27)31-20-18(29-2)8-13(9-19(20)30-3)11-23-26-21(28)17-10-16(24-25-17)14-4-6-15(22)7-5-14/h4-11H,1-3H3,(H,24,25)(H,26,28)/b23-11+. The lowest BCUT2D eigenvalue weighted by Gasteiger charge is -2.13. The molecular formula is C21H19ClN4O5. The molecule has 0 bridgehead atoms. The van der Waals surface area contributed by atoms with Gasteiger partial charge in [-0.05, 0) is 30.3 Å². The molecule has 0 aliphatic rings. The van der Waals surface area contributed by atoms with Gasteiger partial charge in [0, 0.05) is 23.1 Å². The van der Waals surface area contributed by atoms with Crippen LogP contribution in [0.1, 0.15) is 23.0 Å². The fourth-order valence-corrected chi connectivity index (χ4v) is 2.78. The number of amides is 1. The number of esters is 1. The highest BCUT2D eigenvalue weighted by Gasteiger charge is 2.16. The summed E-state index contributed by atoms with van der Waals surface area (Å²) in [7, 11) is 2.86. The van der Waals surface area contributed by atoms with Crippen LogP contribution in [0.2, 0.25) is 5.02 Å². The summed E-state index contributed by atoms with van der Waals surface area (Å²) in [5, 5.41) is 11.4. The average molecular weight is 443 g/mol. The first-order valence-corrected chi connectivity index (χ1v) is 9.38. The summed E-state index contributed by atoms with van der Waals surface area (Å²) in [5.74, 6) is -0.264. The van der Waals surface area contributed by atoms with Gasteiger partial charge < -0.3 is 14.2 Å². The Morgan fingerprint density at radius 1 is 1.10 bits per heavy atom. The molecule has 0 aliphatic carbocycles. The summed E-state index contributed by atoms with van der Waals surface area (Å²) >= 11 is 5.89. The third-order valence-corrected chi connectivity index (χ3v) is 4.32. The predicted molar refractivity (Wildman–Crippen MR) is 115 cm³/mol. The van der Waals surface area contributed by atoms with E-state index in [2.05, 4.69) is 20.7 Å². The van der Waals surface area contributed by atoms with E-state index in [1.165, 1.54) is 27.4 Å². The molecule has 3 aromatic rings. The van der Waals surface area contributed by atoms with Gasteiger partial charge >= 0.3 is 5.97 Å². The number of halogens is 1. The molecule has 0 spiro atoms. The molecule has 2 N–H and O–H groups in total. The largest absolute Gasteiger partial charge is 0.493 e. The number of nitrogens with zero attached hydrogens (tertiary/aromatic N) is 2. The molecule has 2 aromatic carbocycles. The van der Waals surface area contributed by atoms with E-state index in [9.17, 15) is 9.59 Å². The number of nitrogens with one attached hydrogen (secondary N) is 2. The Balaban J connectivity index is 1.72. The van der Waals surface area contributed by atoms with Crippen molar-refractivity contribution in [3.63, 3.8) is 0 Å². The van der Waals surface area contributed by atoms with E-state index in [-0.39, 0.29) is 22.9 Å². The van der Waals surface area contributed by atoms with Crippen molar-refractivity contribution in [3.05, 3.63) is 58.7 Å². The molecule has 0 saturated carbocycles. The number of benzene rings is 2. The Bertz CT molecular complexity index is 1100. The molecule has 9 nitrogen and oxygen atoms in total. The Labute approximate surface area is 183 Å². The normalized spacial score (nSPS) is 10.7. The first kappa shape index (κ1) is 21.8. The number of methoxy groups -OCH3 is 2. The third kappa shape index (κ3) is 5.40. The summed E-state index contributed by atoms with van der Waals surface area (Å²) in [4.78, 5) is 23.6. The van der Waals surface area contributed by atoms with Crippen LogP contribution in [0.15, 0.2) is 47.6 Å². The number of aromatic amines is 1. The maximum absolute atomic E-state index is 12.3. The summed E-state index contributed by atoms with van der Waals surface area (Å²) in [5.41, 5.74) is 4.62. The van der Waals surface area contributed by atoms with Crippen molar-refractivity contribution in [2.45, 2.75) is 6.92 Å². The SMILES string of the molecule is COc1cc(/C=N/NC(=O)c2cc(-c3ccc(Cl)cc3)n[nH]2)cc(OC)c1OC(C)=O. The van der Waals surface area contributed by atoms with Crippen molar-refractivity contribution in [1.29, 1.82) is 0 Å². The minimum Gasteiger partial charge on any atom is -0.493 e. The molecule has 3 rings (SSSR count). The molecule has 0 unspecified atom stereocenters. The fourth-order valence-electron chi connectivity index (χ4n) is 2.65. The highest BCUT2D eigenvalue weighted by molar-refractivity contribution is 6.30. The van der Waals surface area contributed by atoms with E-state index in [0.717, 1.165) is 5.56 Å². The Hall–Kier alpha value is -3.85. The van der Waals surface area contributed by atoms with Crippen molar-refractivity contribution in [2.75, 3.05) is 14.2 Å². The van der Waals surface area contributed by atoms with Gasteiger partial charge in [-0.3, -0.25) is 14.7 Å². The van der Waals surface area contributed by atoms with Gasteiger partial charge in [0.1, 0.15) is 5.69 Å². The van der Waals surface area contributed by atoms with Crippen molar-refractivity contribution in [1.82, 2.24) is 15.6 Å². The lowest BCUT2D eigenvalue weighted by atomic mass is 10.1. The van der Waals surface area contributed by atoms with Crippen LogP contribution in [0, 0.1) is 0 Å². The monoisotopic (exact) mass is 442 g/mol. The van der Waals surface area contributed by atoms with E-state index >= 15 is 0 Å². The van der Waals surface area contributed by atoms with Crippen LogP contribution in [0.3, 0.4) is 0 Å². The minimum absolute atomic E-state index is 0.158. The van der Waals surface area contributed by atoms with Crippen molar-refractivity contribution in [2.24, 2.45) is 5.10 Å². The Morgan fingerprint density at radius 2 is 1.74 bits per heavy atom. The van der Waals surface area contributed by atoms with Crippen molar-refractivity contribution in [3.8, 4) is 28.5 Å².